The van der Waals surface area contributed by atoms with Crippen molar-refractivity contribution in [1.82, 2.24) is 0 Å². The van der Waals surface area contributed by atoms with Crippen molar-refractivity contribution in [2.24, 2.45) is 34.5 Å². The minimum absolute atomic E-state index is 0.0926. The van der Waals surface area contributed by atoms with Gasteiger partial charge in [0.25, 0.3) is 0 Å². The third kappa shape index (κ3) is 2.42. The molecule has 0 aliphatic heterocycles. The second-order valence-corrected chi connectivity index (χ2v) is 9.74. The van der Waals surface area contributed by atoms with Gasteiger partial charge in [0.15, 0.2) is 0 Å². The standard InChI is InChI=1S/C21H36O2/c1-4-23-19-12-14-7-8-15-16-6-5-10-20(16,2)11-9-17(15)21(14,3)13-18(19)22/h14-19,22H,4-13H2,1-3H3/t14?,15-,16-,17+,18?,19?,20-,21-/m0/s1. The van der Waals surface area contributed by atoms with Gasteiger partial charge in [-0.2, -0.15) is 0 Å². The molecule has 3 unspecified atom stereocenters. The van der Waals surface area contributed by atoms with E-state index in [9.17, 15) is 5.11 Å². The van der Waals surface area contributed by atoms with Crippen molar-refractivity contribution >= 4 is 0 Å². The van der Waals surface area contributed by atoms with E-state index in [2.05, 4.69) is 20.8 Å². The molecule has 2 heteroatoms. The maximum absolute atomic E-state index is 10.7. The van der Waals surface area contributed by atoms with Crippen LogP contribution in [0.2, 0.25) is 0 Å². The van der Waals surface area contributed by atoms with E-state index in [0.29, 0.717) is 10.8 Å². The molecule has 1 N–H and O–H groups in total. The second-order valence-electron chi connectivity index (χ2n) is 9.74. The van der Waals surface area contributed by atoms with E-state index < -0.39 is 0 Å². The van der Waals surface area contributed by atoms with Crippen molar-refractivity contribution in [1.29, 1.82) is 0 Å². The Kier molecular flexibility index (Phi) is 4.08. The van der Waals surface area contributed by atoms with E-state index in [1.165, 1.54) is 44.9 Å². The summed E-state index contributed by atoms with van der Waals surface area (Å²) in [5, 5.41) is 10.7. The van der Waals surface area contributed by atoms with Crippen LogP contribution in [-0.2, 0) is 4.74 Å². The fraction of sp³-hybridized carbons (Fsp3) is 1.00. The predicted octanol–water partition coefficient (Wildman–Crippen LogP) is 4.80. The zero-order valence-electron chi connectivity index (χ0n) is 15.4. The Morgan fingerprint density at radius 1 is 1.04 bits per heavy atom. The summed E-state index contributed by atoms with van der Waals surface area (Å²) < 4.78 is 5.86. The Balaban J connectivity index is 1.57. The summed E-state index contributed by atoms with van der Waals surface area (Å²) in [4.78, 5) is 0. The van der Waals surface area contributed by atoms with Crippen molar-refractivity contribution < 1.29 is 9.84 Å². The van der Waals surface area contributed by atoms with E-state index in [0.717, 1.165) is 43.1 Å². The lowest BCUT2D eigenvalue weighted by molar-refractivity contribution is -0.167. The van der Waals surface area contributed by atoms with E-state index in [1.807, 2.05) is 0 Å². The van der Waals surface area contributed by atoms with Crippen LogP contribution < -0.4 is 0 Å². The summed E-state index contributed by atoms with van der Waals surface area (Å²) in [5.41, 5.74) is 1.01. The molecule has 4 fully saturated rings. The highest BCUT2D eigenvalue weighted by Crippen LogP contribution is 2.66. The van der Waals surface area contributed by atoms with Crippen molar-refractivity contribution in [3.8, 4) is 0 Å². The first-order chi connectivity index (χ1) is 11.0. The Bertz CT molecular complexity index is 449. The molecule has 0 radical (unpaired) electrons. The van der Waals surface area contributed by atoms with E-state index >= 15 is 0 Å². The van der Waals surface area contributed by atoms with Crippen molar-refractivity contribution in [3.63, 3.8) is 0 Å². The number of aliphatic hydroxyl groups excluding tert-OH is 1. The van der Waals surface area contributed by atoms with Crippen molar-refractivity contribution in [2.45, 2.75) is 90.8 Å². The summed E-state index contributed by atoms with van der Waals surface area (Å²) in [6.07, 6.45) is 12.0. The van der Waals surface area contributed by atoms with Gasteiger partial charge in [-0.1, -0.05) is 20.3 Å². The largest absolute Gasteiger partial charge is 0.390 e. The number of fused-ring (bicyclic) bond motifs is 5. The van der Waals surface area contributed by atoms with Crippen LogP contribution in [0.4, 0.5) is 0 Å². The molecule has 0 saturated heterocycles. The molecule has 0 bridgehead atoms. The van der Waals surface area contributed by atoms with Crippen LogP contribution in [-0.4, -0.2) is 23.9 Å². The minimum Gasteiger partial charge on any atom is -0.390 e. The van der Waals surface area contributed by atoms with Crippen molar-refractivity contribution in [3.05, 3.63) is 0 Å². The number of rotatable bonds is 2. The van der Waals surface area contributed by atoms with Crippen LogP contribution >= 0.6 is 0 Å². The highest BCUT2D eigenvalue weighted by molar-refractivity contribution is 5.08. The highest BCUT2D eigenvalue weighted by Gasteiger charge is 2.59. The molecule has 4 saturated carbocycles. The average molecular weight is 321 g/mol. The molecular formula is C21H36O2. The van der Waals surface area contributed by atoms with Crippen LogP contribution in [0.1, 0.15) is 78.6 Å². The van der Waals surface area contributed by atoms with Gasteiger partial charge in [0.2, 0.25) is 0 Å². The summed E-state index contributed by atoms with van der Waals surface area (Å²) in [6.45, 7) is 7.89. The van der Waals surface area contributed by atoms with Gasteiger partial charge in [-0.3, -0.25) is 0 Å². The third-order valence-corrected chi connectivity index (χ3v) is 8.82. The van der Waals surface area contributed by atoms with Gasteiger partial charge in [0.1, 0.15) is 0 Å². The first kappa shape index (κ1) is 16.4. The topological polar surface area (TPSA) is 29.5 Å². The van der Waals surface area contributed by atoms with Gasteiger partial charge in [-0.15, -0.1) is 0 Å². The molecule has 2 nitrogen and oxygen atoms in total. The zero-order chi connectivity index (χ0) is 16.2. The molecule has 4 rings (SSSR count). The second kappa shape index (κ2) is 5.73. The smallest absolute Gasteiger partial charge is 0.0836 e. The molecule has 4 aliphatic carbocycles. The van der Waals surface area contributed by atoms with Crippen LogP contribution in [0, 0.1) is 34.5 Å². The number of aliphatic hydroxyl groups is 1. The highest BCUT2D eigenvalue weighted by atomic mass is 16.5. The van der Waals surface area contributed by atoms with Crippen LogP contribution in [0.25, 0.3) is 0 Å². The van der Waals surface area contributed by atoms with Crippen LogP contribution in [0.15, 0.2) is 0 Å². The maximum Gasteiger partial charge on any atom is 0.0836 e. The normalized spacial score (nSPS) is 55.8. The van der Waals surface area contributed by atoms with E-state index in [4.69, 9.17) is 4.74 Å². The molecule has 23 heavy (non-hydrogen) atoms. The lowest BCUT2D eigenvalue weighted by Crippen LogP contribution is -2.56. The summed E-state index contributed by atoms with van der Waals surface area (Å²) in [7, 11) is 0. The number of ether oxygens (including phenoxy) is 1. The Morgan fingerprint density at radius 3 is 2.65 bits per heavy atom. The minimum atomic E-state index is -0.244. The van der Waals surface area contributed by atoms with Crippen LogP contribution in [0.5, 0.6) is 0 Å². The predicted molar refractivity (Wildman–Crippen MR) is 93.1 cm³/mol. The summed E-state index contributed by atoms with van der Waals surface area (Å²) in [5.74, 6) is 3.54. The van der Waals surface area contributed by atoms with Crippen molar-refractivity contribution in [2.75, 3.05) is 6.61 Å². The molecular weight excluding hydrogens is 284 g/mol. The molecule has 0 aromatic carbocycles. The SMILES string of the molecule is CCOC1CC2CC[C@@H]3[C@@H](CC[C@]4(C)CCC[C@@H]34)[C@@]2(C)CC1O. The number of hydrogen-bond donors (Lipinski definition) is 1. The Morgan fingerprint density at radius 2 is 1.87 bits per heavy atom. The van der Waals surface area contributed by atoms with Gasteiger partial charge in [-0.25, -0.2) is 0 Å². The molecule has 0 amide bonds. The molecule has 132 valence electrons. The van der Waals surface area contributed by atoms with Gasteiger partial charge < -0.3 is 9.84 Å². The molecule has 0 aromatic rings. The zero-order valence-corrected chi connectivity index (χ0v) is 15.4. The quantitative estimate of drug-likeness (QED) is 0.792. The van der Waals surface area contributed by atoms with Gasteiger partial charge >= 0.3 is 0 Å². The third-order valence-electron chi connectivity index (χ3n) is 8.82. The molecule has 0 spiro atoms. The Labute approximate surface area is 142 Å². The summed E-state index contributed by atoms with van der Waals surface area (Å²) >= 11 is 0. The first-order valence-corrected chi connectivity index (χ1v) is 10.3. The molecule has 0 aromatic heterocycles. The average Bonchev–Trinajstić information content (AvgIpc) is 2.90. The lowest BCUT2D eigenvalue weighted by atomic mass is 9.45. The number of hydrogen-bond acceptors (Lipinski definition) is 2. The fourth-order valence-electron chi connectivity index (χ4n) is 7.65. The van der Waals surface area contributed by atoms with E-state index in [-0.39, 0.29) is 12.2 Å². The summed E-state index contributed by atoms with van der Waals surface area (Å²) in [6, 6.07) is 0. The maximum atomic E-state index is 10.7. The molecule has 4 aliphatic rings. The lowest BCUT2D eigenvalue weighted by Gasteiger charge is -2.61. The van der Waals surface area contributed by atoms with E-state index in [1.54, 1.807) is 0 Å². The first-order valence-electron chi connectivity index (χ1n) is 10.3. The Hall–Kier alpha value is -0.0800. The molecule has 8 atom stereocenters. The fourth-order valence-corrected chi connectivity index (χ4v) is 7.65. The van der Waals surface area contributed by atoms with Gasteiger partial charge in [0, 0.05) is 6.61 Å². The van der Waals surface area contributed by atoms with Gasteiger partial charge in [0.05, 0.1) is 12.2 Å². The van der Waals surface area contributed by atoms with Gasteiger partial charge in [-0.05, 0) is 92.8 Å². The molecule has 0 heterocycles. The monoisotopic (exact) mass is 320 g/mol. The van der Waals surface area contributed by atoms with Crippen LogP contribution in [0.3, 0.4) is 0 Å².